The van der Waals surface area contributed by atoms with Gasteiger partial charge >= 0.3 is 5.97 Å². The van der Waals surface area contributed by atoms with Crippen LogP contribution in [0.5, 0.6) is 5.88 Å². The molecule has 0 unspecified atom stereocenters. The molecule has 1 aliphatic heterocycles. The molecule has 2 rings (SSSR count). The van der Waals surface area contributed by atoms with Gasteiger partial charge in [-0.3, -0.25) is 4.79 Å². The molecule has 0 spiro atoms. The predicted molar refractivity (Wildman–Crippen MR) is 62.1 cm³/mol. The number of imidazole rings is 1. The summed E-state index contributed by atoms with van der Waals surface area (Å²) in [7, 11) is 0. The lowest BCUT2D eigenvalue weighted by molar-refractivity contribution is -0.271. The van der Waals surface area contributed by atoms with Gasteiger partial charge in [-0.05, 0) is 0 Å². The lowest BCUT2D eigenvalue weighted by Crippen LogP contribution is -2.61. The summed E-state index contributed by atoms with van der Waals surface area (Å²) in [6, 6.07) is 0. The normalized spacial score (nSPS) is 32.6. The van der Waals surface area contributed by atoms with Crippen molar-refractivity contribution in [1.82, 2.24) is 9.97 Å². The smallest absolute Gasteiger partial charge is 0.335 e. The van der Waals surface area contributed by atoms with Crippen LogP contribution in [0, 0.1) is 0 Å². The number of carboxylic acid groups (broad SMARTS) is 1. The Morgan fingerprint density at radius 1 is 1.29 bits per heavy atom. The van der Waals surface area contributed by atoms with Crippen LogP contribution >= 0.6 is 0 Å². The Morgan fingerprint density at radius 3 is 2.52 bits per heavy atom. The number of aliphatic hydroxyl groups excluding tert-OH is 3. The van der Waals surface area contributed by atoms with E-state index in [1.165, 1.54) is 0 Å². The first-order valence-corrected chi connectivity index (χ1v) is 5.75. The lowest BCUT2D eigenvalue weighted by Gasteiger charge is -2.38. The van der Waals surface area contributed by atoms with Gasteiger partial charge in [-0.1, -0.05) is 0 Å². The van der Waals surface area contributed by atoms with E-state index >= 15 is 0 Å². The maximum Gasteiger partial charge on any atom is 0.335 e. The van der Waals surface area contributed by atoms with E-state index in [0.717, 1.165) is 6.33 Å². The molecule has 7 N–H and O–H groups in total. The summed E-state index contributed by atoms with van der Waals surface area (Å²) in [5.74, 6) is -2.79. The molecule has 21 heavy (non-hydrogen) atoms. The zero-order valence-corrected chi connectivity index (χ0v) is 10.4. The highest BCUT2D eigenvalue weighted by molar-refractivity contribution is 5.93. The van der Waals surface area contributed by atoms with Crippen LogP contribution in [-0.2, 0) is 9.53 Å². The van der Waals surface area contributed by atoms with E-state index in [2.05, 4.69) is 9.97 Å². The molecular formula is C10H13N3O8. The molecule has 116 valence electrons. The average molecular weight is 303 g/mol. The van der Waals surface area contributed by atoms with Crippen molar-refractivity contribution in [3.8, 4) is 5.88 Å². The maximum atomic E-state index is 11.1. The second kappa shape index (κ2) is 5.65. The number of carboxylic acids is 1. The molecule has 2 heterocycles. The van der Waals surface area contributed by atoms with Crippen molar-refractivity contribution in [2.45, 2.75) is 30.7 Å². The minimum absolute atomic E-state index is 0.224. The second-order valence-electron chi connectivity index (χ2n) is 4.30. The molecule has 0 aliphatic carbocycles. The number of H-pyrrole nitrogens is 1. The molecule has 0 radical (unpaired) electrons. The van der Waals surface area contributed by atoms with Gasteiger partial charge in [0.25, 0.3) is 5.91 Å². The van der Waals surface area contributed by atoms with Gasteiger partial charge < -0.3 is 40.6 Å². The number of carbonyl (C=O) groups excluding carboxylic acids is 1. The number of nitrogens with zero attached hydrogens (tertiary/aromatic N) is 1. The van der Waals surface area contributed by atoms with Crippen LogP contribution in [0.4, 0.5) is 0 Å². The molecule has 1 aromatic rings. The highest BCUT2D eigenvalue weighted by Gasteiger charge is 2.48. The quantitative estimate of drug-likeness (QED) is 0.332. The van der Waals surface area contributed by atoms with Gasteiger partial charge in [-0.25, -0.2) is 9.78 Å². The summed E-state index contributed by atoms with van der Waals surface area (Å²) in [4.78, 5) is 28.0. The van der Waals surface area contributed by atoms with Crippen LogP contribution in [0.15, 0.2) is 6.33 Å². The summed E-state index contributed by atoms with van der Waals surface area (Å²) < 4.78 is 9.91. The number of aliphatic carboxylic acids is 1. The number of aromatic amines is 1. The molecule has 5 atom stereocenters. The SMILES string of the molecule is NC(=O)c1[nH]cnc1O[C@@H]1O[C@H](C(=O)O)[C@@H](O)[C@H](O)[C@H]1O. The average Bonchev–Trinajstić information content (AvgIpc) is 2.87. The Morgan fingerprint density at radius 2 is 1.95 bits per heavy atom. The van der Waals surface area contributed by atoms with Crippen LogP contribution in [0.1, 0.15) is 10.5 Å². The van der Waals surface area contributed by atoms with Gasteiger partial charge in [-0.2, -0.15) is 0 Å². The third-order valence-electron chi connectivity index (χ3n) is 2.89. The van der Waals surface area contributed by atoms with Gasteiger partial charge in [0.1, 0.15) is 18.3 Å². The Balaban J connectivity index is 2.20. The van der Waals surface area contributed by atoms with E-state index in [1.807, 2.05) is 0 Å². The van der Waals surface area contributed by atoms with E-state index in [9.17, 15) is 24.9 Å². The number of nitrogens with one attached hydrogen (secondary N) is 1. The van der Waals surface area contributed by atoms with Crippen LogP contribution in [0.25, 0.3) is 0 Å². The second-order valence-corrected chi connectivity index (χ2v) is 4.30. The minimum Gasteiger partial charge on any atom is -0.479 e. The third-order valence-corrected chi connectivity index (χ3v) is 2.89. The monoisotopic (exact) mass is 303 g/mol. The van der Waals surface area contributed by atoms with E-state index in [1.54, 1.807) is 0 Å². The van der Waals surface area contributed by atoms with Crippen molar-refractivity contribution >= 4 is 11.9 Å². The van der Waals surface area contributed by atoms with Crippen molar-refractivity contribution in [2.24, 2.45) is 5.73 Å². The summed E-state index contributed by atoms with van der Waals surface area (Å²) >= 11 is 0. The predicted octanol–water partition coefficient (Wildman–Crippen LogP) is -3.22. The van der Waals surface area contributed by atoms with Crippen LogP contribution in [-0.4, -0.2) is 73.0 Å². The standard InChI is InChI=1S/C10H13N3O8/c11-7(17)2-8(13-1-12-2)21-10-5(16)3(14)4(15)6(20-10)9(18)19/h1,3-6,10,14-16H,(H2,11,17)(H,12,13)(H,18,19)/t3-,4-,5+,6-,10-/m0/s1. The van der Waals surface area contributed by atoms with E-state index in [0.29, 0.717) is 0 Å². The molecule has 11 nitrogen and oxygen atoms in total. The van der Waals surface area contributed by atoms with E-state index in [4.69, 9.17) is 20.3 Å². The van der Waals surface area contributed by atoms with Crippen molar-refractivity contribution < 1.29 is 39.5 Å². The zero-order valence-electron chi connectivity index (χ0n) is 10.4. The van der Waals surface area contributed by atoms with Crippen LogP contribution < -0.4 is 10.5 Å². The molecule has 1 aromatic heterocycles. The van der Waals surface area contributed by atoms with E-state index in [-0.39, 0.29) is 11.6 Å². The number of rotatable bonds is 4. The maximum absolute atomic E-state index is 11.1. The van der Waals surface area contributed by atoms with Gasteiger partial charge in [0, 0.05) is 0 Å². The molecular weight excluding hydrogens is 290 g/mol. The summed E-state index contributed by atoms with van der Waals surface area (Å²) in [6.07, 6.45) is -7.80. The highest BCUT2D eigenvalue weighted by atomic mass is 16.7. The Labute approximate surface area is 116 Å². The Hall–Kier alpha value is -2.21. The van der Waals surface area contributed by atoms with Crippen molar-refractivity contribution in [3.05, 3.63) is 12.0 Å². The highest BCUT2D eigenvalue weighted by Crippen LogP contribution is 2.24. The first-order valence-electron chi connectivity index (χ1n) is 5.75. The molecule has 11 heteroatoms. The molecule has 1 aliphatic rings. The van der Waals surface area contributed by atoms with Crippen molar-refractivity contribution in [3.63, 3.8) is 0 Å². The molecule has 1 saturated heterocycles. The summed E-state index contributed by atoms with van der Waals surface area (Å²) in [5, 5.41) is 37.7. The number of ether oxygens (including phenoxy) is 2. The molecule has 0 saturated carbocycles. The number of carbonyl (C=O) groups is 2. The Kier molecular flexibility index (Phi) is 4.09. The first kappa shape index (κ1) is 15.2. The fourth-order valence-electron chi connectivity index (χ4n) is 1.81. The third kappa shape index (κ3) is 2.80. The van der Waals surface area contributed by atoms with Crippen LogP contribution in [0.3, 0.4) is 0 Å². The van der Waals surface area contributed by atoms with Crippen molar-refractivity contribution in [1.29, 1.82) is 0 Å². The molecule has 1 amide bonds. The van der Waals surface area contributed by atoms with Gasteiger partial charge in [0.05, 0.1) is 6.33 Å². The summed E-state index contributed by atoms with van der Waals surface area (Å²) in [6.45, 7) is 0. The van der Waals surface area contributed by atoms with Crippen LogP contribution in [0.2, 0.25) is 0 Å². The number of hydrogen-bond acceptors (Lipinski definition) is 8. The fraction of sp³-hybridized carbons (Fsp3) is 0.500. The number of primary amides is 1. The molecule has 0 aromatic carbocycles. The topological polar surface area (TPSA) is 188 Å². The molecule has 0 bridgehead atoms. The molecule has 1 fully saturated rings. The fourth-order valence-corrected chi connectivity index (χ4v) is 1.81. The minimum atomic E-state index is -1.84. The largest absolute Gasteiger partial charge is 0.479 e. The summed E-state index contributed by atoms with van der Waals surface area (Å²) in [5.41, 5.74) is 4.82. The first-order chi connectivity index (χ1) is 9.82. The zero-order chi connectivity index (χ0) is 15.7. The van der Waals surface area contributed by atoms with Gasteiger partial charge in [0.2, 0.25) is 12.2 Å². The number of amides is 1. The number of aliphatic hydroxyl groups is 3. The number of aromatic nitrogens is 2. The van der Waals surface area contributed by atoms with Gasteiger partial charge in [-0.15, -0.1) is 0 Å². The van der Waals surface area contributed by atoms with E-state index < -0.39 is 42.6 Å². The number of nitrogens with two attached hydrogens (primary N) is 1. The van der Waals surface area contributed by atoms with Gasteiger partial charge in [0.15, 0.2) is 11.8 Å². The number of hydrogen-bond donors (Lipinski definition) is 6. The Bertz CT molecular complexity index is 546. The lowest BCUT2D eigenvalue weighted by atomic mass is 9.99. The van der Waals surface area contributed by atoms with Crippen molar-refractivity contribution in [2.75, 3.05) is 0 Å².